The molecule has 0 amide bonds. The van der Waals surface area contributed by atoms with Gasteiger partial charge in [-0.3, -0.25) is 0 Å². The van der Waals surface area contributed by atoms with Gasteiger partial charge in [-0.2, -0.15) is 10.5 Å². The Balaban J connectivity index is 1.78. The fourth-order valence-corrected chi connectivity index (χ4v) is 4.68. The van der Waals surface area contributed by atoms with Crippen LogP contribution < -0.4 is 0 Å². The van der Waals surface area contributed by atoms with Crippen molar-refractivity contribution in [3.05, 3.63) is 36.5 Å². The summed E-state index contributed by atoms with van der Waals surface area (Å²) in [6.07, 6.45) is 7.17. The van der Waals surface area contributed by atoms with Crippen molar-refractivity contribution in [1.29, 1.82) is 10.5 Å². The average molecular weight is 379 g/mol. The number of rotatable bonds is 5. The molecule has 1 unspecified atom stereocenters. The molecule has 4 heterocycles. The van der Waals surface area contributed by atoms with Gasteiger partial charge in [-0.25, -0.2) is 18.5 Å². The Hall–Kier alpha value is -3.01. The molecule has 136 valence electrons. The number of nitrogens with one attached hydrogen (secondary N) is 1. The fraction of sp³-hybridized carbons (Fsp3) is 0.333. The van der Waals surface area contributed by atoms with Gasteiger partial charge in [-0.05, 0) is 6.07 Å². The average Bonchev–Trinajstić information content (AvgIpc) is 3.30. The number of nitriles is 2. The predicted molar refractivity (Wildman–Crippen MR) is 100 cm³/mol. The molecule has 1 saturated heterocycles. The Labute approximate surface area is 158 Å². The summed E-state index contributed by atoms with van der Waals surface area (Å²) < 4.78 is 15.8. The minimum Gasteiger partial charge on any atom is -0.346 e. The van der Waals surface area contributed by atoms with Gasteiger partial charge in [0.2, 0.25) is 0 Å². The van der Waals surface area contributed by atoms with E-state index >= 15 is 0 Å². The SMILES string of the molecule is CCS(=O)N1CC(CC#N)(n2cc(C#N)c(-c3ncnc4[nH]ccc34)c2)C1. The van der Waals surface area contributed by atoms with Crippen LogP contribution >= 0.6 is 0 Å². The van der Waals surface area contributed by atoms with Gasteiger partial charge in [-0.1, -0.05) is 6.92 Å². The number of H-pyrrole nitrogens is 1. The fourth-order valence-electron chi connectivity index (χ4n) is 3.54. The minimum absolute atomic E-state index is 0.284. The lowest BCUT2D eigenvalue weighted by Crippen LogP contribution is -2.62. The van der Waals surface area contributed by atoms with Crippen LogP contribution in [0.25, 0.3) is 22.3 Å². The maximum absolute atomic E-state index is 12.1. The maximum atomic E-state index is 12.1. The highest BCUT2D eigenvalue weighted by Gasteiger charge is 2.46. The smallest absolute Gasteiger partial charge is 0.141 e. The zero-order valence-corrected chi connectivity index (χ0v) is 15.5. The summed E-state index contributed by atoms with van der Waals surface area (Å²) in [6.45, 7) is 2.91. The van der Waals surface area contributed by atoms with E-state index in [0.29, 0.717) is 41.3 Å². The Kier molecular flexibility index (Phi) is 4.27. The highest BCUT2D eigenvalue weighted by molar-refractivity contribution is 7.82. The number of nitrogens with zero attached hydrogens (tertiary/aromatic N) is 6. The van der Waals surface area contributed by atoms with E-state index in [4.69, 9.17) is 0 Å². The molecule has 3 aromatic heterocycles. The summed E-state index contributed by atoms with van der Waals surface area (Å²) in [6, 6.07) is 6.35. The zero-order chi connectivity index (χ0) is 19.0. The molecule has 4 rings (SSSR count). The summed E-state index contributed by atoms with van der Waals surface area (Å²) in [5.41, 5.74) is 2.10. The Morgan fingerprint density at radius 3 is 2.85 bits per heavy atom. The van der Waals surface area contributed by atoms with Crippen LogP contribution in [0.1, 0.15) is 18.9 Å². The number of aromatic amines is 1. The molecule has 1 fully saturated rings. The molecular weight excluding hydrogens is 362 g/mol. The van der Waals surface area contributed by atoms with Crippen molar-refractivity contribution in [2.45, 2.75) is 18.9 Å². The van der Waals surface area contributed by atoms with Crippen molar-refractivity contribution in [3.63, 3.8) is 0 Å². The first-order valence-corrected chi connectivity index (χ1v) is 9.81. The first-order chi connectivity index (χ1) is 13.1. The van der Waals surface area contributed by atoms with Gasteiger partial charge in [-0.15, -0.1) is 0 Å². The van der Waals surface area contributed by atoms with Crippen molar-refractivity contribution in [3.8, 4) is 23.4 Å². The van der Waals surface area contributed by atoms with Gasteiger partial charge < -0.3 is 9.55 Å². The molecule has 0 saturated carbocycles. The third-order valence-corrected chi connectivity index (χ3v) is 6.32. The molecule has 0 bridgehead atoms. The molecule has 1 aliphatic rings. The van der Waals surface area contributed by atoms with E-state index in [1.807, 2.05) is 28.1 Å². The number of fused-ring (bicyclic) bond motifs is 1. The van der Waals surface area contributed by atoms with E-state index in [9.17, 15) is 14.7 Å². The Morgan fingerprint density at radius 1 is 1.33 bits per heavy atom. The molecule has 8 nitrogen and oxygen atoms in total. The third kappa shape index (κ3) is 2.72. The summed E-state index contributed by atoms with van der Waals surface area (Å²) in [5.74, 6) is 0.551. The molecule has 1 aliphatic heterocycles. The standard InChI is InChI=1S/C18H17N7OS/c1-2-27(26)25-10-18(11-25,4-5-19)24-8-13(7-20)15(9-24)16-14-3-6-21-17(14)23-12-22-16/h3,6,8-9,12H,2,4,10-11H2,1H3,(H,21,22,23). The van der Waals surface area contributed by atoms with E-state index in [0.717, 1.165) is 5.39 Å². The molecule has 1 N–H and O–H groups in total. The Morgan fingerprint density at radius 2 is 2.15 bits per heavy atom. The minimum atomic E-state index is -1.04. The monoisotopic (exact) mass is 379 g/mol. The van der Waals surface area contributed by atoms with Crippen LogP contribution in [0, 0.1) is 22.7 Å². The second-order valence-electron chi connectivity index (χ2n) is 6.53. The van der Waals surface area contributed by atoms with Crippen LogP contribution in [-0.4, -0.2) is 46.9 Å². The van der Waals surface area contributed by atoms with Gasteiger partial charge in [0.05, 0.1) is 40.3 Å². The van der Waals surface area contributed by atoms with Gasteiger partial charge >= 0.3 is 0 Å². The third-order valence-electron chi connectivity index (χ3n) is 4.99. The largest absolute Gasteiger partial charge is 0.346 e. The molecule has 27 heavy (non-hydrogen) atoms. The normalized spacial score (nSPS) is 17.1. The molecular formula is C18H17N7OS. The zero-order valence-electron chi connectivity index (χ0n) is 14.7. The molecule has 0 aromatic carbocycles. The summed E-state index contributed by atoms with van der Waals surface area (Å²) in [7, 11) is -1.04. The van der Waals surface area contributed by atoms with Crippen LogP contribution in [-0.2, 0) is 16.5 Å². The van der Waals surface area contributed by atoms with Gasteiger partial charge in [0, 0.05) is 48.4 Å². The molecule has 0 spiro atoms. The van der Waals surface area contributed by atoms with Crippen LogP contribution in [0.3, 0.4) is 0 Å². The second-order valence-corrected chi connectivity index (χ2v) is 8.27. The van der Waals surface area contributed by atoms with Crippen molar-refractivity contribution < 1.29 is 4.21 Å². The highest BCUT2D eigenvalue weighted by Crippen LogP contribution is 2.37. The lowest BCUT2D eigenvalue weighted by Gasteiger charge is -2.48. The van der Waals surface area contributed by atoms with Crippen molar-refractivity contribution >= 4 is 22.0 Å². The van der Waals surface area contributed by atoms with Gasteiger partial charge in [0.1, 0.15) is 18.0 Å². The van der Waals surface area contributed by atoms with Crippen molar-refractivity contribution in [2.75, 3.05) is 18.8 Å². The summed E-state index contributed by atoms with van der Waals surface area (Å²) in [5, 5.41) is 19.8. The second kappa shape index (κ2) is 6.62. The Bertz CT molecular complexity index is 1110. The van der Waals surface area contributed by atoms with Crippen LogP contribution in [0.15, 0.2) is 31.0 Å². The molecule has 1 atom stereocenters. The predicted octanol–water partition coefficient (Wildman–Crippen LogP) is 1.91. The number of hydrogen-bond acceptors (Lipinski definition) is 5. The summed E-state index contributed by atoms with van der Waals surface area (Å²) >= 11 is 0. The van der Waals surface area contributed by atoms with E-state index in [-0.39, 0.29) is 6.42 Å². The van der Waals surface area contributed by atoms with Gasteiger partial charge in [0.25, 0.3) is 0 Å². The highest BCUT2D eigenvalue weighted by atomic mass is 32.2. The van der Waals surface area contributed by atoms with E-state index in [2.05, 4.69) is 27.1 Å². The topological polar surface area (TPSA) is 114 Å². The van der Waals surface area contributed by atoms with E-state index < -0.39 is 16.5 Å². The number of hydrogen-bond donors (Lipinski definition) is 1. The lowest BCUT2D eigenvalue weighted by molar-refractivity contribution is 0.0902. The van der Waals surface area contributed by atoms with E-state index in [1.165, 1.54) is 6.33 Å². The van der Waals surface area contributed by atoms with Crippen molar-refractivity contribution in [2.24, 2.45) is 0 Å². The van der Waals surface area contributed by atoms with Crippen LogP contribution in [0.2, 0.25) is 0 Å². The lowest BCUT2D eigenvalue weighted by atomic mass is 9.89. The van der Waals surface area contributed by atoms with Gasteiger partial charge in [0.15, 0.2) is 0 Å². The first kappa shape index (κ1) is 17.4. The van der Waals surface area contributed by atoms with E-state index in [1.54, 1.807) is 12.4 Å². The van der Waals surface area contributed by atoms with Crippen molar-refractivity contribution in [1.82, 2.24) is 23.8 Å². The summed E-state index contributed by atoms with van der Waals surface area (Å²) in [4.78, 5) is 11.6. The first-order valence-electron chi connectivity index (χ1n) is 8.53. The number of aromatic nitrogens is 4. The van der Waals surface area contributed by atoms with Crippen LogP contribution in [0.4, 0.5) is 0 Å². The molecule has 9 heteroatoms. The molecule has 0 aliphatic carbocycles. The molecule has 3 aromatic rings. The quantitative estimate of drug-likeness (QED) is 0.727. The molecule has 0 radical (unpaired) electrons. The van der Waals surface area contributed by atoms with Crippen LogP contribution in [0.5, 0.6) is 0 Å². The maximum Gasteiger partial charge on any atom is 0.141 e.